The quantitative estimate of drug-likeness (QED) is 0.682. The van der Waals surface area contributed by atoms with Crippen LogP contribution in [-0.4, -0.2) is 36.8 Å². The number of hydrogen-bond acceptors (Lipinski definition) is 5. The summed E-state index contributed by atoms with van der Waals surface area (Å²) in [6, 6.07) is 0.0279. The van der Waals surface area contributed by atoms with Gasteiger partial charge in [0.25, 0.3) is 0 Å². The Morgan fingerprint density at radius 1 is 1.22 bits per heavy atom. The van der Waals surface area contributed by atoms with E-state index in [0.29, 0.717) is 12.5 Å². The van der Waals surface area contributed by atoms with Crippen LogP contribution >= 0.6 is 0 Å². The summed E-state index contributed by atoms with van der Waals surface area (Å²) in [5.74, 6) is 0.561. The molecule has 0 amide bonds. The molecular formula is C13H23N3O2. The summed E-state index contributed by atoms with van der Waals surface area (Å²) >= 11 is 0. The molecule has 1 N–H and O–H groups in total. The van der Waals surface area contributed by atoms with Crippen LogP contribution in [0.5, 0.6) is 5.88 Å². The van der Waals surface area contributed by atoms with Gasteiger partial charge in [-0.3, -0.25) is 4.98 Å². The van der Waals surface area contributed by atoms with Gasteiger partial charge in [0.2, 0.25) is 5.88 Å². The first-order valence-corrected chi connectivity index (χ1v) is 6.49. The van der Waals surface area contributed by atoms with Crippen LogP contribution in [0.15, 0.2) is 12.4 Å². The standard InChI is InChI=1S/C13H23N3O2/c1-4-6-14-11(10-18-9-5-2)12-13(17-3)16-8-7-15-12/h7-8,11,14H,4-6,9-10H2,1-3H3. The third-order valence-corrected chi connectivity index (χ3v) is 2.49. The second-order valence-corrected chi connectivity index (χ2v) is 4.03. The molecule has 0 spiro atoms. The number of rotatable bonds is 9. The number of ether oxygens (including phenoxy) is 2. The van der Waals surface area contributed by atoms with Crippen molar-refractivity contribution in [3.8, 4) is 5.88 Å². The van der Waals surface area contributed by atoms with Crippen LogP contribution in [0.1, 0.15) is 38.4 Å². The van der Waals surface area contributed by atoms with E-state index in [1.165, 1.54) is 0 Å². The van der Waals surface area contributed by atoms with Gasteiger partial charge < -0.3 is 14.8 Å². The highest BCUT2D eigenvalue weighted by Crippen LogP contribution is 2.20. The lowest BCUT2D eigenvalue weighted by Crippen LogP contribution is -2.28. The van der Waals surface area contributed by atoms with Crippen molar-refractivity contribution in [2.75, 3.05) is 26.9 Å². The van der Waals surface area contributed by atoms with Crippen LogP contribution < -0.4 is 10.1 Å². The van der Waals surface area contributed by atoms with Crippen molar-refractivity contribution in [2.45, 2.75) is 32.7 Å². The van der Waals surface area contributed by atoms with Crippen LogP contribution in [-0.2, 0) is 4.74 Å². The molecule has 0 aliphatic rings. The molecule has 0 bridgehead atoms. The Labute approximate surface area is 109 Å². The van der Waals surface area contributed by atoms with Crippen LogP contribution in [0.2, 0.25) is 0 Å². The minimum atomic E-state index is 0.0279. The lowest BCUT2D eigenvalue weighted by atomic mass is 10.2. The van der Waals surface area contributed by atoms with Gasteiger partial charge >= 0.3 is 0 Å². The molecule has 1 aromatic rings. The maximum Gasteiger partial charge on any atom is 0.237 e. The van der Waals surface area contributed by atoms with Crippen molar-refractivity contribution in [3.63, 3.8) is 0 Å². The molecule has 1 unspecified atom stereocenters. The fourth-order valence-electron chi connectivity index (χ4n) is 1.63. The zero-order valence-corrected chi connectivity index (χ0v) is 11.5. The summed E-state index contributed by atoms with van der Waals surface area (Å²) in [5, 5.41) is 3.41. The number of nitrogens with one attached hydrogen (secondary N) is 1. The summed E-state index contributed by atoms with van der Waals surface area (Å²) < 4.78 is 10.9. The largest absolute Gasteiger partial charge is 0.480 e. The molecule has 18 heavy (non-hydrogen) atoms. The van der Waals surface area contributed by atoms with E-state index >= 15 is 0 Å². The second-order valence-electron chi connectivity index (χ2n) is 4.03. The summed E-state index contributed by atoms with van der Waals surface area (Å²) in [6.07, 6.45) is 5.38. The fourth-order valence-corrected chi connectivity index (χ4v) is 1.63. The van der Waals surface area contributed by atoms with Gasteiger partial charge in [-0.15, -0.1) is 0 Å². The van der Waals surface area contributed by atoms with E-state index in [2.05, 4.69) is 29.1 Å². The molecule has 0 aromatic carbocycles. The predicted octanol–water partition coefficient (Wildman–Crippen LogP) is 1.95. The van der Waals surface area contributed by atoms with E-state index in [0.717, 1.165) is 31.7 Å². The van der Waals surface area contributed by atoms with Crippen molar-refractivity contribution < 1.29 is 9.47 Å². The lowest BCUT2D eigenvalue weighted by Gasteiger charge is -2.19. The van der Waals surface area contributed by atoms with Crippen LogP contribution in [0.25, 0.3) is 0 Å². The smallest absolute Gasteiger partial charge is 0.237 e. The molecular weight excluding hydrogens is 230 g/mol. The zero-order valence-electron chi connectivity index (χ0n) is 11.5. The molecule has 0 radical (unpaired) electrons. The highest BCUT2D eigenvalue weighted by Gasteiger charge is 2.18. The van der Waals surface area contributed by atoms with Crippen molar-refractivity contribution in [3.05, 3.63) is 18.1 Å². The Balaban J connectivity index is 2.72. The lowest BCUT2D eigenvalue weighted by molar-refractivity contribution is 0.110. The summed E-state index contributed by atoms with van der Waals surface area (Å²) in [7, 11) is 1.61. The van der Waals surface area contributed by atoms with E-state index < -0.39 is 0 Å². The molecule has 1 atom stereocenters. The molecule has 0 saturated carbocycles. The second kappa shape index (κ2) is 8.83. The van der Waals surface area contributed by atoms with Gasteiger partial charge in [-0.1, -0.05) is 13.8 Å². The molecule has 0 aliphatic heterocycles. The fraction of sp³-hybridized carbons (Fsp3) is 0.692. The zero-order chi connectivity index (χ0) is 13.2. The van der Waals surface area contributed by atoms with Crippen molar-refractivity contribution in [2.24, 2.45) is 0 Å². The van der Waals surface area contributed by atoms with Gasteiger partial charge in [-0.05, 0) is 19.4 Å². The molecule has 0 aliphatic carbocycles. The third kappa shape index (κ3) is 4.58. The van der Waals surface area contributed by atoms with Gasteiger partial charge in [0.1, 0.15) is 5.69 Å². The van der Waals surface area contributed by atoms with Gasteiger partial charge in [0.15, 0.2) is 0 Å². The maximum atomic E-state index is 5.61. The van der Waals surface area contributed by atoms with Gasteiger partial charge in [0.05, 0.1) is 19.8 Å². The van der Waals surface area contributed by atoms with Crippen molar-refractivity contribution in [1.82, 2.24) is 15.3 Å². The number of hydrogen-bond donors (Lipinski definition) is 1. The number of nitrogens with zero attached hydrogens (tertiary/aromatic N) is 2. The van der Waals surface area contributed by atoms with Crippen LogP contribution in [0, 0.1) is 0 Å². The van der Waals surface area contributed by atoms with E-state index in [1.807, 2.05) is 0 Å². The summed E-state index contributed by atoms with van der Waals surface area (Å²) in [4.78, 5) is 8.53. The first-order chi connectivity index (χ1) is 8.83. The molecule has 1 aromatic heterocycles. The van der Waals surface area contributed by atoms with Gasteiger partial charge in [-0.25, -0.2) is 4.98 Å². The third-order valence-electron chi connectivity index (χ3n) is 2.49. The van der Waals surface area contributed by atoms with Crippen molar-refractivity contribution >= 4 is 0 Å². The topological polar surface area (TPSA) is 56.3 Å². The van der Waals surface area contributed by atoms with E-state index in [1.54, 1.807) is 19.5 Å². The normalized spacial score (nSPS) is 12.4. The summed E-state index contributed by atoms with van der Waals surface area (Å²) in [6.45, 7) is 6.48. The first-order valence-electron chi connectivity index (χ1n) is 6.49. The molecule has 5 nitrogen and oxygen atoms in total. The molecule has 5 heteroatoms. The molecule has 0 saturated heterocycles. The Hall–Kier alpha value is -1.20. The van der Waals surface area contributed by atoms with Gasteiger partial charge in [0, 0.05) is 19.0 Å². The maximum absolute atomic E-state index is 5.61. The molecule has 0 fully saturated rings. The van der Waals surface area contributed by atoms with E-state index in [4.69, 9.17) is 9.47 Å². The van der Waals surface area contributed by atoms with E-state index in [9.17, 15) is 0 Å². The van der Waals surface area contributed by atoms with Crippen LogP contribution in [0.3, 0.4) is 0 Å². The molecule has 1 rings (SSSR count). The minimum Gasteiger partial charge on any atom is -0.480 e. The van der Waals surface area contributed by atoms with Crippen LogP contribution in [0.4, 0.5) is 0 Å². The predicted molar refractivity (Wildman–Crippen MR) is 70.7 cm³/mol. The molecule has 102 valence electrons. The Morgan fingerprint density at radius 2 is 2.00 bits per heavy atom. The Bertz CT molecular complexity index is 334. The SMILES string of the molecule is CCCNC(COCCC)c1nccnc1OC. The highest BCUT2D eigenvalue weighted by atomic mass is 16.5. The first kappa shape index (κ1) is 14.9. The number of aromatic nitrogens is 2. The number of methoxy groups -OCH3 is 1. The highest BCUT2D eigenvalue weighted by molar-refractivity contribution is 5.21. The monoisotopic (exact) mass is 253 g/mol. The minimum absolute atomic E-state index is 0.0279. The van der Waals surface area contributed by atoms with Gasteiger partial charge in [-0.2, -0.15) is 0 Å². The Kier molecular flexibility index (Phi) is 7.29. The van der Waals surface area contributed by atoms with Crippen molar-refractivity contribution in [1.29, 1.82) is 0 Å². The summed E-state index contributed by atoms with van der Waals surface area (Å²) in [5.41, 5.74) is 0.810. The van der Waals surface area contributed by atoms with E-state index in [-0.39, 0.29) is 6.04 Å². The Morgan fingerprint density at radius 3 is 2.67 bits per heavy atom. The average Bonchev–Trinajstić information content (AvgIpc) is 2.42. The molecule has 1 heterocycles. The average molecular weight is 253 g/mol.